The van der Waals surface area contributed by atoms with Gasteiger partial charge in [0, 0.05) is 12.7 Å². The monoisotopic (exact) mass is 395 g/mol. The quantitative estimate of drug-likeness (QED) is 0.667. The minimum absolute atomic E-state index is 0.0966. The third-order valence-electron chi connectivity index (χ3n) is 5.34. The zero-order valence-electron chi connectivity index (χ0n) is 15.2. The molecule has 7 nitrogen and oxygen atoms in total. The van der Waals surface area contributed by atoms with Crippen molar-refractivity contribution in [1.82, 2.24) is 24.6 Å². The molecule has 0 radical (unpaired) electrons. The zero-order valence-corrected chi connectivity index (χ0v) is 16.0. The van der Waals surface area contributed by atoms with Crippen molar-refractivity contribution >= 4 is 17.5 Å². The van der Waals surface area contributed by atoms with Crippen LogP contribution in [0.5, 0.6) is 0 Å². The molecule has 1 aromatic carbocycles. The SMILES string of the molecule is Cc1cccc(C(=O)N2[C@H]3COC[C@@H]2c2nnc(-c4ccccn4)n2C3)c1Cl. The van der Waals surface area contributed by atoms with E-state index in [2.05, 4.69) is 19.7 Å². The number of benzene rings is 1. The average molecular weight is 396 g/mol. The summed E-state index contributed by atoms with van der Waals surface area (Å²) in [4.78, 5) is 19.6. The van der Waals surface area contributed by atoms with Gasteiger partial charge in [-0.25, -0.2) is 0 Å². The van der Waals surface area contributed by atoms with Gasteiger partial charge in [-0.15, -0.1) is 10.2 Å². The summed E-state index contributed by atoms with van der Waals surface area (Å²) in [5.41, 5.74) is 2.16. The smallest absolute Gasteiger partial charge is 0.256 e. The molecule has 1 saturated heterocycles. The van der Waals surface area contributed by atoms with Gasteiger partial charge in [-0.1, -0.05) is 29.8 Å². The molecule has 2 aromatic heterocycles. The van der Waals surface area contributed by atoms with Crippen LogP contribution < -0.4 is 0 Å². The van der Waals surface area contributed by atoms with Crippen molar-refractivity contribution in [3.63, 3.8) is 0 Å². The first-order chi connectivity index (χ1) is 13.6. The molecule has 0 unspecified atom stereocenters. The third-order valence-corrected chi connectivity index (χ3v) is 5.84. The molecule has 3 aromatic rings. The molecule has 0 N–H and O–H groups in total. The van der Waals surface area contributed by atoms with Gasteiger partial charge < -0.3 is 14.2 Å². The summed E-state index contributed by atoms with van der Waals surface area (Å²) in [6.45, 7) is 3.30. The Kier molecular flexibility index (Phi) is 4.14. The van der Waals surface area contributed by atoms with E-state index in [-0.39, 0.29) is 18.0 Å². The Morgan fingerprint density at radius 1 is 1.18 bits per heavy atom. The number of hydrogen-bond acceptors (Lipinski definition) is 5. The fourth-order valence-electron chi connectivity index (χ4n) is 3.97. The van der Waals surface area contributed by atoms with Crippen LogP contribution in [0.15, 0.2) is 42.6 Å². The largest absolute Gasteiger partial charge is 0.377 e. The summed E-state index contributed by atoms with van der Waals surface area (Å²) in [6, 6.07) is 10.8. The van der Waals surface area contributed by atoms with Crippen LogP contribution in [-0.2, 0) is 11.3 Å². The first-order valence-corrected chi connectivity index (χ1v) is 9.53. The molecule has 1 fully saturated rings. The summed E-state index contributed by atoms with van der Waals surface area (Å²) in [7, 11) is 0. The van der Waals surface area contributed by atoms with E-state index in [0.29, 0.717) is 42.0 Å². The van der Waals surface area contributed by atoms with E-state index in [4.69, 9.17) is 16.3 Å². The number of hydrogen-bond donors (Lipinski definition) is 0. The molecule has 5 rings (SSSR count). The number of halogens is 1. The number of carbonyl (C=O) groups is 1. The van der Waals surface area contributed by atoms with Crippen molar-refractivity contribution in [2.45, 2.75) is 25.6 Å². The minimum atomic E-state index is -0.304. The van der Waals surface area contributed by atoms with E-state index in [1.165, 1.54) is 0 Å². The number of aromatic nitrogens is 4. The number of nitrogens with zero attached hydrogens (tertiary/aromatic N) is 5. The molecule has 4 heterocycles. The highest BCUT2D eigenvalue weighted by Crippen LogP contribution is 2.36. The lowest BCUT2D eigenvalue weighted by molar-refractivity contribution is -0.0569. The van der Waals surface area contributed by atoms with Crippen molar-refractivity contribution in [1.29, 1.82) is 0 Å². The van der Waals surface area contributed by atoms with Crippen LogP contribution in [0.1, 0.15) is 27.8 Å². The third kappa shape index (κ3) is 2.62. The number of ether oxygens (including phenoxy) is 1. The molecule has 2 bridgehead atoms. The Morgan fingerprint density at radius 3 is 2.89 bits per heavy atom. The van der Waals surface area contributed by atoms with Crippen LogP contribution in [0.4, 0.5) is 0 Å². The van der Waals surface area contributed by atoms with Gasteiger partial charge in [0.05, 0.1) is 29.8 Å². The Morgan fingerprint density at radius 2 is 2.07 bits per heavy atom. The maximum Gasteiger partial charge on any atom is 0.256 e. The number of carbonyl (C=O) groups excluding carboxylic acids is 1. The normalized spacial score (nSPS) is 20.7. The lowest BCUT2D eigenvalue weighted by Crippen LogP contribution is -2.56. The fraction of sp³-hybridized carbons (Fsp3) is 0.300. The van der Waals surface area contributed by atoms with Gasteiger partial charge >= 0.3 is 0 Å². The molecule has 2 aliphatic heterocycles. The predicted molar refractivity (Wildman–Crippen MR) is 103 cm³/mol. The van der Waals surface area contributed by atoms with Crippen molar-refractivity contribution in [3.8, 4) is 11.5 Å². The molecule has 0 aliphatic carbocycles. The molecule has 142 valence electrons. The first-order valence-electron chi connectivity index (χ1n) is 9.15. The van der Waals surface area contributed by atoms with Crippen molar-refractivity contribution in [2.24, 2.45) is 0 Å². The Bertz CT molecular complexity index is 1050. The molecule has 2 atom stereocenters. The summed E-state index contributed by atoms with van der Waals surface area (Å²) in [6.07, 6.45) is 1.74. The molecule has 0 spiro atoms. The summed E-state index contributed by atoms with van der Waals surface area (Å²) in [5.74, 6) is 1.34. The Hall–Kier alpha value is -2.77. The van der Waals surface area contributed by atoms with Crippen molar-refractivity contribution < 1.29 is 9.53 Å². The van der Waals surface area contributed by atoms with E-state index in [9.17, 15) is 4.79 Å². The van der Waals surface area contributed by atoms with Gasteiger partial charge in [0.25, 0.3) is 5.91 Å². The van der Waals surface area contributed by atoms with Gasteiger partial charge in [0.2, 0.25) is 0 Å². The van der Waals surface area contributed by atoms with Crippen LogP contribution in [0.25, 0.3) is 11.5 Å². The fourth-order valence-corrected chi connectivity index (χ4v) is 4.17. The van der Waals surface area contributed by atoms with E-state index in [1.807, 2.05) is 42.2 Å². The van der Waals surface area contributed by atoms with Gasteiger partial charge in [0.15, 0.2) is 11.6 Å². The molecule has 28 heavy (non-hydrogen) atoms. The number of pyridine rings is 1. The summed E-state index contributed by atoms with van der Waals surface area (Å²) in [5, 5.41) is 9.24. The number of amides is 1. The molecule has 0 saturated carbocycles. The second kappa shape index (κ2) is 6.68. The number of aryl methyl sites for hydroxylation is 1. The van der Waals surface area contributed by atoms with E-state index < -0.39 is 0 Å². The highest BCUT2D eigenvalue weighted by atomic mass is 35.5. The summed E-state index contributed by atoms with van der Waals surface area (Å²) < 4.78 is 7.81. The highest BCUT2D eigenvalue weighted by Gasteiger charge is 2.44. The zero-order chi connectivity index (χ0) is 19.3. The Labute approximate surface area is 166 Å². The van der Waals surface area contributed by atoms with Crippen LogP contribution in [0.2, 0.25) is 5.02 Å². The van der Waals surface area contributed by atoms with Crippen LogP contribution in [0, 0.1) is 6.92 Å². The molecule has 2 aliphatic rings. The predicted octanol–water partition coefficient (Wildman–Crippen LogP) is 2.90. The van der Waals surface area contributed by atoms with E-state index in [0.717, 1.165) is 11.3 Å². The minimum Gasteiger partial charge on any atom is -0.377 e. The number of morpholine rings is 1. The van der Waals surface area contributed by atoms with Crippen LogP contribution in [0.3, 0.4) is 0 Å². The number of fused-ring (bicyclic) bond motifs is 4. The van der Waals surface area contributed by atoms with E-state index >= 15 is 0 Å². The lowest BCUT2D eigenvalue weighted by atomic mass is 10.0. The van der Waals surface area contributed by atoms with Crippen molar-refractivity contribution in [3.05, 3.63) is 64.6 Å². The molecule has 8 heteroatoms. The highest BCUT2D eigenvalue weighted by molar-refractivity contribution is 6.34. The summed E-state index contributed by atoms with van der Waals surface area (Å²) >= 11 is 6.43. The maximum atomic E-state index is 13.4. The van der Waals surface area contributed by atoms with Crippen LogP contribution >= 0.6 is 11.6 Å². The van der Waals surface area contributed by atoms with Gasteiger partial charge in [-0.2, -0.15) is 0 Å². The standard InChI is InChI=1S/C20H18ClN5O2/c1-12-5-4-6-14(17(12)21)20(27)26-13-9-25-18(15-7-2-3-8-22-15)23-24-19(25)16(26)11-28-10-13/h2-8,13,16H,9-11H2,1H3/t13-,16-/m1/s1. The Balaban J connectivity index is 1.56. The second-order valence-electron chi connectivity index (χ2n) is 7.06. The average Bonchev–Trinajstić information content (AvgIpc) is 3.13. The molecule has 1 amide bonds. The van der Waals surface area contributed by atoms with Gasteiger partial charge in [-0.05, 0) is 30.7 Å². The van der Waals surface area contributed by atoms with Gasteiger partial charge in [0.1, 0.15) is 11.7 Å². The van der Waals surface area contributed by atoms with Gasteiger partial charge in [-0.3, -0.25) is 9.78 Å². The van der Waals surface area contributed by atoms with E-state index in [1.54, 1.807) is 12.3 Å². The lowest BCUT2D eigenvalue weighted by Gasteiger charge is -2.45. The van der Waals surface area contributed by atoms with Crippen LogP contribution in [-0.4, -0.2) is 49.8 Å². The number of rotatable bonds is 2. The first kappa shape index (κ1) is 17.3. The van der Waals surface area contributed by atoms with Crippen molar-refractivity contribution in [2.75, 3.05) is 13.2 Å². The second-order valence-corrected chi connectivity index (χ2v) is 7.44. The topological polar surface area (TPSA) is 73.1 Å². The molecular formula is C20H18ClN5O2. The maximum absolute atomic E-state index is 13.4. The molecular weight excluding hydrogens is 378 g/mol.